The van der Waals surface area contributed by atoms with Gasteiger partial charge in [-0.25, -0.2) is 4.68 Å². The molecule has 1 aliphatic heterocycles. The van der Waals surface area contributed by atoms with E-state index in [0.29, 0.717) is 6.54 Å². The number of methoxy groups -OCH3 is 1. The van der Waals surface area contributed by atoms with Gasteiger partial charge in [0.05, 0.1) is 19.0 Å². The molecule has 0 aliphatic carbocycles. The molecule has 0 fully saturated rings. The van der Waals surface area contributed by atoms with E-state index in [9.17, 15) is 9.90 Å². The third kappa shape index (κ3) is 5.47. The fourth-order valence-electron chi connectivity index (χ4n) is 5.71. The van der Waals surface area contributed by atoms with Gasteiger partial charge in [-0.05, 0) is 79.8 Å². The first-order valence-electron chi connectivity index (χ1n) is 13.2. The number of rotatable bonds is 7. The van der Waals surface area contributed by atoms with Crippen LogP contribution in [0.2, 0.25) is 0 Å². The first-order valence-corrected chi connectivity index (χ1v) is 13.2. The molecule has 3 aromatic carbocycles. The van der Waals surface area contributed by atoms with Crippen LogP contribution in [0.1, 0.15) is 59.6 Å². The molecule has 1 aromatic heterocycles. The quantitative estimate of drug-likeness (QED) is 0.345. The third-order valence-electron chi connectivity index (χ3n) is 7.66. The minimum Gasteiger partial charge on any atom is -0.497 e. The second-order valence-corrected chi connectivity index (χ2v) is 11.2. The second kappa shape index (κ2) is 10.3. The summed E-state index contributed by atoms with van der Waals surface area (Å²) < 4.78 is 13.6. The topological polar surface area (TPSA) is 89.7 Å². The van der Waals surface area contributed by atoms with E-state index in [2.05, 4.69) is 54.2 Å². The fraction of sp³-hybridized carbons (Fsp3) is 0.387. The molecule has 8 nitrogen and oxygen atoms in total. The number of carboxylic acid groups (broad SMARTS) is 1. The molecule has 0 radical (unpaired) electrons. The summed E-state index contributed by atoms with van der Waals surface area (Å²) in [6, 6.07) is 16.3. The van der Waals surface area contributed by atoms with E-state index in [-0.39, 0.29) is 17.9 Å². The van der Waals surface area contributed by atoms with Crippen LogP contribution >= 0.6 is 0 Å². The average Bonchev–Trinajstić information content (AvgIpc) is 3.20. The Morgan fingerprint density at radius 3 is 2.69 bits per heavy atom. The van der Waals surface area contributed by atoms with Gasteiger partial charge in [-0.15, -0.1) is 5.10 Å². The molecule has 0 amide bonds. The van der Waals surface area contributed by atoms with Gasteiger partial charge < -0.3 is 14.6 Å². The molecule has 1 aliphatic rings. The highest BCUT2D eigenvalue weighted by molar-refractivity contribution is 5.80. The van der Waals surface area contributed by atoms with Gasteiger partial charge in [0, 0.05) is 38.2 Å². The van der Waals surface area contributed by atoms with Crippen molar-refractivity contribution in [1.82, 2.24) is 19.9 Å². The average molecular weight is 529 g/mol. The zero-order valence-electron chi connectivity index (χ0n) is 23.5. The zero-order chi connectivity index (χ0) is 27.9. The molecule has 2 heterocycles. The standard InChI is InChI=1S/C31H36N4O4/c1-19-7-8-21(26(15-29(36)37)25-10-11-27-30(20(25)2)32-33-34(27)5)13-22(19)16-35-17-23-14-24(38-6)9-12-28(23)39-31(3,4)18-35/h7-14,26H,15-18H2,1-6H3,(H,36,37)/t26-/m1/s1. The maximum Gasteiger partial charge on any atom is 0.304 e. The minimum atomic E-state index is -0.835. The maximum atomic E-state index is 12.0. The fourth-order valence-corrected chi connectivity index (χ4v) is 5.71. The molecule has 1 N–H and O–H groups in total. The number of hydrogen-bond acceptors (Lipinski definition) is 6. The molecule has 39 heavy (non-hydrogen) atoms. The number of fused-ring (bicyclic) bond motifs is 2. The number of carbonyl (C=O) groups is 1. The lowest BCUT2D eigenvalue weighted by molar-refractivity contribution is -0.137. The van der Waals surface area contributed by atoms with Crippen molar-refractivity contribution in [2.45, 2.75) is 58.7 Å². The van der Waals surface area contributed by atoms with Crippen molar-refractivity contribution < 1.29 is 19.4 Å². The van der Waals surface area contributed by atoms with Crippen LogP contribution in [-0.4, -0.2) is 50.2 Å². The molecule has 1 atom stereocenters. The molecule has 204 valence electrons. The summed E-state index contributed by atoms with van der Waals surface area (Å²) in [5.74, 6) is 0.548. The van der Waals surface area contributed by atoms with Gasteiger partial charge in [0.2, 0.25) is 0 Å². The highest BCUT2D eigenvalue weighted by Crippen LogP contribution is 2.36. The van der Waals surface area contributed by atoms with Gasteiger partial charge in [-0.2, -0.15) is 0 Å². The predicted molar refractivity (Wildman–Crippen MR) is 150 cm³/mol. The van der Waals surface area contributed by atoms with Crippen molar-refractivity contribution in [1.29, 1.82) is 0 Å². The molecular weight excluding hydrogens is 492 g/mol. The number of aryl methyl sites for hydroxylation is 3. The van der Waals surface area contributed by atoms with Crippen molar-refractivity contribution in [3.8, 4) is 11.5 Å². The van der Waals surface area contributed by atoms with Gasteiger partial charge in [0.1, 0.15) is 22.6 Å². The Kier molecular flexibility index (Phi) is 7.07. The zero-order valence-corrected chi connectivity index (χ0v) is 23.5. The van der Waals surface area contributed by atoms with Gasteiger partial charge in [0.25, 0.3) is 0 Å². The second-order valence-electron chi connectivity index (χ2n) is 11.2. The van der Waals surface area contributed by atoms with E-state index >= 15 is 0 Å². The number of ether oxygens (including phenoxy) is 2. The van der Waals surface area contributed by atoms with E-state index in [4.69, 9.17) is 9.47 Å². The molecule has 8 heteroatoms. The molecule has 4 aromatic rings. The first-order chi connectivity index (χ1) is 18.5. The Bertz CT molecular complexity index is 1540. The normalized spacial score (nSPS) is 15.8. The van der Waals surface area contributed by atoms with Gasteiger partial charge in [0.15, 0.2) is 0 Å². The third-order valence-corrected chi connectivity index (χ3v) is 7.66. The minimum absolute atomic E-state index is 0.00708. The summed E-state index contributed by atoms with van der Waals surface area (Å²) in [6.07, 6.45) is -0.00708. The number of nitrogens with zero attached hydrogens (tertiary/aromatic N) is 4. The van der Waals surface area contributed by atoms with Crippen LogP contribution in [0, 0.1) is 13.8 Å². The van der Waals surface area contributed by atoms with Crippen LogP contribution in [-0.2, 0) is 24.9 Å². The van der Waals surface area contributed by atoms with E-state index in [1.807, 2.05) is 44.3 Å². The van der Waals surface area contributed by atoms with Crippen LogP contribution < -0.4 is 9.47 Å². The number of aromatic nitrogens is 3. The Labute approximate surface area is 229 Å². The van der Waals surface area contributed by atoms with Crippen molar-refractivity contribution in [2.75, 3.05) is 13.7 Å². The summed E-state index contributed by atoms with van der Waals surface area (Å²) in [5.41, 5.74) is 7.70. The van der Waals surface area contributed by atoms with Crippen LogP contribution in [0.3, 0.4) is 0 Å². The van der Waals surface area contributed by atoms with Crippen LogP contribution in [0.25, 0.3) is 11.0 Å². The summed E-state index contributed by atoms with van der Waals surface area (Å²) in [6.45, 7) is 10.5. The van der Waals surface area contributed by atoms with E-state index in [1.165, 1.54) is 11.1 Å². The molecule has 0 saturated heterocycles. The predicted octanol–water partition coefficient (Wildman–Crippen LogP) is 5.37. The van der Waals surface area contributed by atoms with Crippen molar-refractivity contribution in [2.24, 2.45) is 7.05 Å². The Morgan fingerprint density at radius 1 is 1.15 bits per heavy atom. The van der Waals surface area contributed by atoms with Crippen molar-refractivity contribution in [3.63, 3.8) is 0 Å². The molecule has 0 saturated carbocycles. The molecule has 5 rings (SSSR count). The summed E-state index contributed by atoms with van der Waals surface area (Å²) in [5, 5.41) is 18.3. The summed E-state index contributed by atoms with van der Waals surface area (Å²) in [4.78, 5) is 14.4. The molecule has 0 unspecified atom stereocenters. The summed E-state index contributed by atoms with van der Waals surface area (Å²) >= 11 is 0. The van der Waals surface area contributed by atoms with Crippen LogP contribution in [0.15, 0.2) is 48.5 Å². The number of aliphatic carboxylic acids is 1. The number of carboxylic acids is 1. The molecule has 0 spiro atoms. The van der Waals surface area contributed by atoms with Crippen LogP contribution in [0.5, 0.6) is 11.5 Å². The smallest absolute Gasteiger partial charge is 0.304 e. The maximum absolute atomic E-state index is 12.0. The number of benzene rings is 3. The summed E-state index contributed by atoms with van der Waals surface area (Å²) in [7, 11) is 3.53. The molecular formula is C31H36N4O4. The van der Waals surface area contributed by atoms with E-state index in [1.54, 1.807) is 11.8 Å². The Balaban J connectivity index is 1.51. The van der Waals surface area contributed by atoms with Crippen LogP contribution in [0.4, 0.5) is 0 Å². The van der Waals surface area contributed by atoms with Gasteiger partial charge >= 0.3 is 5.97 Å². The van der Waals surface area contributed by atoms with E-state index < -0.39 is 5.97 Å². The van der Waals surface area contributed by atoms with Gasteiger partial charge in [-0.1, -0.05) is 29.5 Å². The molecule has 0 bridgehead atoms. The van der Waals surface area contributed by atoms with Crippen molar-refractivity contribution >= 4 is 17.0 Å². The Morgan fingerprint density at radius 2 is 1.95 bits per heavy atom. The highest BCUT2D eigenvalue weighted by Gasteiger charge is 2.30. The SMILES string of the molecule is COc1ccc2c(c1)CN(Cc1cc([C@@H](CC(=O)O)c3ccc4c(nnn4C)c3C)ccc1C)CC(C)(C)O2. The van der Waals surface area contributed by atoms with Gasteiger partial charge in [-0.3, -0.25) is 9.69 Å². The lowest BCUT2D eigenvalue weighted by atomic mass is 9.84. The largest absolute Gasteiger partial charge is 0.497 e. The lowest BCUT2D eigenvalue weighted by Gasteiger charge is -2.30. The van der Waals surface area contributed by atoms with E-state index in [0.717, 1.165) is 57.9 Å². The monoisotopic (exact) mass is 528 g/mol. The highest BCUT2D eigenvalue weighted by atomic mass is 16.5. The van der Waals surface area contributed by atoms with Crippen molar-refractivity contribution in [3.05, 3.63) is 81.9 Å². The lowest BCUT2D eigenvalue weighted by Crippen LogP contribution is -2.40. The first kappa shape index (κ1) is 26.7. The number of hydrogen-bond donors (Lipinski definition) is 1. The Hall–Kier alpha value is -3.91.